The molecule has 2 N–H and O–H groups in total. The second kappa shape index (κ2) is 5.65. The van der Waals surface area contributed by atoms with Gasteiger partial charge in [-0.15, -0.1) is 0 Å². The molecule has 2 atom stereocenters. The monoisotopic (exact) mass is 297 g/mol. The van der Waals surface area contributed by atoms with Gasteiger partial charge >= 0.3 is 0 Å². The number of benzene rings is 1. The molecule has 0 aromatic heterocycles. The first-order valence-corrected chi connectivity index (χ1v) is 6.67. The zero-order chi connectivity index (χ0) is 12.3. The van der Waals surface area contributed by atoms with Crippen LogP contribution in [0.3, 0.4) is 0 Å². The molecule has 4 heteroatoms. The van der Waals surface area contributed by atoms with Crippen LogP contribution in [0.5, 0.6) is 0 Å². The minimum atomic E-state index is -0.0587. The minimum absolute atomic E-state index is 0.0587. The summed E-state index contributed by atoms with van der Waals surface area (Å²) in [6, 6.07) is 7.45. The fourth-order valence-corrected chi connectivity index (χ4v) is 2.73. The van der Waals surface area contributed by atoms with E-state index in [1.165, 1.54) is 0 Å². The quantitative estimate of drug-likeness (QED) is 0.900. The molecule has 0 spiro atoms. The molecule has 2 rings (SSSR count). The first kappa shape index (κ1) is 12.6. The van der Waals surface area contributed by atoms with Crippen LogP contribution in [0.15, 0.2) is 28.7 Å². The Kier molecular flexibility index (Phi) is 4.18. The van der Waals surface area contributed by atoms with Gasteiger partial charge in [-0.3, -0.25) is 4.79 Å². The lowest BCUT2D eigenvalue weighted by Crippen LogP contribution is -2.38. The molecule has 1 aliphatic rings. The summed E-state index contributed by atoms with van der Waals surface area (Å²) in [6.07, 6.45) is 3.04. The van der Waals surface area contributed by atoms with E-state index in [0.717, 1.165) is 23.7 Å². The highest BCUT2D eigenvalue weighted by molar-refractivity contribution is 9.10. The Bertz CT molecular complexity index is 408. The first-order chi connectivity index (χ1) is 8.20. The second-order valence-electron chi connectivity index (χ2n) is 4.46. The highest BCUT2D eigenvalue weighted by atomic mass is 79.9. The molecule has 1 aromatic carbocycles. The van der Waals surface area contributed by atoms with Gasteiger partial charge in [0.05, 0.1) is 0 Å². The average molecular weight is 298 g/mol. The normalized spacial score (nSPS) is 23.6. The molecule has 2 unspecified atom stereocenters. The van der Waals surface area contributed by atoms with Gasteiger partial charge in [-0.05, 0) is 31.0 Å². The summed E-state index contributed by atoms with van der Waals surface area (Å²) in [7, 11) is 0. The van der Waals surface area contributed by atoms with E-state index >= 15 is 0 Å². The van der Waals surface area contributed by atoms with Gasteiger partial charge in [0.1, 0.15) is 0 Å². The van der Waals surface area contributed by atoms with Gasteiger partial charge in [-0.2, -0.15) is 0 Å². The summed E-state index contributed by atoms with van der Waals surface area (Å²) in [5.74, 6) is 0.155. The maximum atomic E-state index is 12.0. The molecule has 0 saturated heterocycles. The number of aliphatic hydroxyl groups excluding tert-OH is 1. The highest BCUT2D eigenvalue weighted by Crippen LogP contribution is 2.25. The van der Waals surface area contributed by atoms with E-state index in [2.05, 4.69) is 21.2 Å². The fourth-order valence-electron chi connectivity index (χ4n) is 2.33. The standard InChI is InChI=1S/C13H16BrNO2/c14-11-5-1-3-9(7-11)13(17)15-12-6-2-4-10(12)8-16/h1,3,5,7,10,12,16H,2,4,6,8H2,(H,15,17). The maximum Gasteiger partial charge on any atom is 0.251 e. The molecule has 1 fully saturated rings. The number of halogens is 1. The smallest absolute Gasteiger partial charge is 0.251 e. The van der Waals surface area contributed by atoms with Crippen LogP contribution in [0.2, 0.25) is 0 Å². The number of rotatable bonds is 3. The van der Waals surface area contributed by atoms with Gasteiger partial charge in [0, 0.05) is 28.6 Å². The molecule has 0 bridgehead atoms. The predicted molar refractivity (Wildman–Crippen MR) is 69.8 cm³/mol. The van der Waals surface area contributed by atoms with E-state index in [-0.39, 0.29) is 24.5 Å². The average Bonchev–Trinajstić information content (AvgIpc) is 2.76. The van der Waals surface area contributed by atoms with Crippen molar-refractivity contribution in [3.8, 4) is 0 Å². The summed E-state index contributed by atoms with van der Waals surface area (Å²) in [6.45, 7) is 0.156. The topological polar surface area (TPSA) is 49.3 Å². The van der Waals surface area contributed by atoms with E-state index in [4.69, 9.17) is 0 Å². The Morgan fingerprint density at radius 3 is 3.00 bits per heavy atom. The molecule has 1 saturated carbocycles. The largest absolute Gasteiger partial charge is 0.396 e. The lowest BCUT2D eigenvalue weighted by Gasteiger charge is -2.19. The van der Waals surface area contributed by atoms with Crippen molar-refractivity contribution in [2.75, 3.05) is 6.61 Å². The maximum absolute atomic E-state index is 12.0. The molecule has 92 valence electrons. The van der Waals surface area contributed by atoms with Gasteiger partial charge in [-0.1, -0.05) is 28.4 Å². The van der Waals surface area contributed by atoms with Gasteiger partial charge in [0.15, 0.2) is 0 Å². The molecule has 1 aliphatic carbocycles. The van der Waals surface area contributed by atoms with Gasteiger partial charge in [0.2, 0.25) is 0 Å². The van der Waals surface area contributed by atoms with Crippen LogP contribution in [-0.2, 0) is 0 Å². The molecule has 3 nitrogen and oxygen atoms in total. The molecular weight excluding hydrogens is 282 g/mol. The number of hydrogen-bond acceptors (Lipinski definition) is 2. The molecule has 0 heterocycles. The Hall–Kier alpha value is -0.870. The Morgan fingerprint density at radius 2 is 2.29 bits per heavy atom. The highest BCUT2D eigenvalue weighted by Gasteiger charge is 2.27. The number of amides is 1. The van der Waals surface area contributed by atoms with E-state index in [1.54, 1.807) is 12.1 Å². The first-order valence-electron chi connectivity index (χ1n) is 5.88. The zero-order valence-corrected chi connectivity index (χ0v) is 11.1. The van der Waals surface area contributed by atoms with Gasteiger partial charge < -0.3 is 10.4 Å². The van der Waals surface area contributed by atoms with Gasteiger partial charge in [0.25, 0.3) is 5.91 Å². The SMILES string of the molecule is O=C(NC1CCCC1CO)c1cccc(Br)c1. The number of aliphatic hydroxyl groups is 1. The zero-order valence-electron chi connectivity index (χ0n) is 9.53. The number of hydrogen-bond donors (Lipinski definition) is 2. The molecule has 0 aliphatic heterocycles. The van der Waals surface area contributed by atoms with Gasteiger partial charge in [-0.25, -0.2) is 0 Å². The number of carbonyl (C=O) groups excluding carboxylic acids is 1. The third-order valence-electron chi connectivity index (χ3n) is 3.30. The van der Waals surface area contributed by atoms with Crippen molar-refractivity contribution >= 4 is 21.8 Å². The number of nitrogens with one attached hydrogen (secondary N) is 1. The lowest BCUT2D eigenvalue weighted by atomic mass is 10.0. The summed E-state index contributed by atoms with van der Waals surface area (Å²) >= 11 is 3.35. The predicted octanol–water partition coefficient (Wildman–Crippen LogP) is 2.34. The fraction of sp³-hybridized carbons (Fsp3) is 0.462. The van der Waals surface area contributed by atoms with Crippen molar-refractivity contribution in [2.45, 2.75) is 25.3 Å². The van der Waals surface area contributed by atoms with Crippen LogP contribution in [0.1, 0.15) is 29.6 Å². The van der Waals surface area contributed by atoms with Crippen LogP contribution in [-0.4, -0.2) is 23.7 Å². The minimum Gasteiger partial charge on any atom is -0.396 e. The third kappa shape index (κ3) is 3.07. The summed E-state index contributed by atoms with van der Waals surface area (Å²) < 4.78 is 0.898. The Balaban J connectivity index is 2.01. The molecule has 1 amide bonds. The van der Waals surface area contributed by atoms with Crippen LogP contribution < -0.4 is 5.32 Å². The molecule has 1 aromatic rings. The van der Waals surface area contributed by atoms with E-state index < -0.39 is 0 Å². The van der Waals surface area contributed by atoms with Crippen molar-refractivity contribution in [1.82, 2.24) is 5.32 Å². The van der Waals surface area contributed by atoms with Crippen LogP contribution in [0.25, 0.3) is 0 Å². The van der Waals surface area contributed by atoms with E-state index in [9.17, 15) is 9.90 Å². The van der Waals surface area contributed by atoms with Crippen LogP contribution in [0.4, 0.5) is 0 Å². The van der Waals surface area contributed by atoms with E-state index in [0.29, 0.717) is 5.56 Å². The second-order valence-corrected chi connectivity index (χ2v) is 5.38. The van der Waals surface area contributed by atoms with Crippen LogP contribution in [0, 0.1) is 5.92 Å². The summed E-state index contributed by atoms with van der Waals surface area (Å²) in [4.78, 5) is 12.0. The van der Waals surface area contributed by atoms with Crippen molar-refractivity contribution in [1.29, 1.82) is 0 Å². The lowest BCUT2D eigenvalue weighted by molar-refractivity contribution is 0.0916. The van der Waals surface area contributed by atoms with Crippen LogP contribution >= 0.6 is 15.9 Å². The summed E-state index contributed by atoms with van der Waals surface area (Å²) in [5, 5.41) is 12.2. The number of carbonyl (C=O) groups is 1. The third-order valence-corrected chi connectivity index (χ3v) is 3.79. The Labute approximate surface area is 109 Å². The molecule has 0 radical (unpaired) electrons. The Morgan fingerprint density at radius 1 is 1.47 bits per heavy atom. The summed E-state index contributed by atoms with van der Waals surface area (Å²) in [5.41, 5.74) is 0.656. The van der Waals surface area contributed by atoms with Crippen molar-refractivity contribution in [3.63, 3.8) is 0 Å². The van der Waals surface area contributed by atoms with Crippen molar-refractivity contribution in [2.24, 2.45) is 5.92 Å². The molecule has 17 heavy (non-hydrogen) atoms. The molecular formula is C13H16BrNO2. The van der Waals surface area contributed by atoms with Crippen molar-refractivity contribution in [3.05, 3.63) is 34.3 Å². The van der Waals surface area contributed by atoms with Crippen molar-refractivity contribution < 1.29 is 9.90 Å². The van der Waals surface area contributed by atoms with E-state index in [1.807, 2.05) is 12.1 Å².